The number of carbonyl (C=O) groups excluding carboxylic acids is 1. The Bertz CT molecular complexity index is 1260. The maximum atomic E-state index is 13.2. The average Bonchev–Trinajstić information content (AvgIpc) is 2.86. The molecule has 0 aromatic carbocycles. The Morgan fingerprint density at radius 1 is 1.23 bits per heavy atom. The minimum atomic E-state index is -4.92. The number of pyridine rings is 1. The van der Waals surface area contributed by atoms with Crippen LogP contribution in [0, 0.1) is 0 Å². The molecule has 0 unspecified atom stereocenters. The summed E-state index contributed by atoms with van der Waals surface area (Å²) < 4.78 is 89.2. The number of fused-ring (bicyclic) bond motifs is 3. The van der Waals surface area contributed by atoms with Gasteiger partial charge in [0, 0.05) is 31.9 Å². The molecule has 3 N–H and O–H groups in total. The lowest BCUT2D eigenvalue weighted by atomic mass is 10.1. The second kappa shape index (κ2) is 10.9. The standard InChI is InChI=1S/C22H24F6N6O5/c1-11(31-14-6-30-32-19(36)17(14)22(26,27)28)8-38-10-15(35)20(37)33-2-3-34-13(7-33)9-39-16-4-12(21(23,24)25)5-29-18(16)34/h4-6,11,13,15,35H,2-3,7-10H2,1H3,(H2,31,32,36)/t11-,13+,15+/m0/s1. The van der Waals surface area contributed by atoms with E-state index in [1.54, 1.807) is 10.00 Å². The Balaban J connectivity index is 1.28. The van der Waals surface area contributed by atoms with Gasteiger partial charge in [0.25, 0.3) is 11.5 Å². The van der Waals surface area contributed by atoms with E-state index in [2.05, 4.69) is 15.4 Å². The minimum Gasteiger partial charge on any atom is -0.487 e. The highest BCUT2D eigenvalue weighted by atomic mass is 19.4. The molecule has 0 radical (unpaired) electrons. The van der Waals surface area contributed by atoms with E-state index in [1.807, 2.05) is 0 Å². The maximum absolute atomic E-state index is 13.2. The number of alkyl halides is 6. The zero-order chi connectivity index (χ0) is 28.5. The summed E-state index contributed by atoms with van der Waals surface area (Å²) in [6.45, 7) is 1.34. The molecule has 0 aliphatic carbocycles. The van der Waals surface area contributed by atoms with Crippen LogP contribution in [0.15, 0.2) is 23.3 Å². The van der Waals surface area contributed by atoms with E-state index in [0.29, 0.717) is 0 Å². The van der Waals surface area contributed by atoms with Crippen molar-refractivity contribution in [3.8, 4) is 5.75 Å². The predicted molar refractivity (Wildman–Crippen MR) is 122 cm³/mol. The molecule has 39 heavy (non-hydrogen) atoms. The fourth-order valence-electron chi connectivity index (χ4n) is 4.31. The lowest BCUT2D eigenvalue weighted by Gasteiger charge is -2.45. The van der Waals surface area contributed by atoms with E-state index < -0.39 is 65.4 Å². The molecule has 2 aliphatic rings. The number of hydrogen-bond acceptors (Lipinski definition) is 9. The highest BCUT2D eigenvalue weighted by molar-refractivity contribution is 5.81. The summed E-state index contributed by atoms with van der Waals surface area (Å²) in [6.07, 6.45) is -9.52. The van der Waals surface area contributed by atoms with Crippen molar-refractivity contribution in [3.63, 3.8) is 0 Å². The number of nitrogens with one attached hydrogen (secondary N) is 2. The fraction of sp³-hybridized carbons (Fsp3) is 0.545. The number of aliphatic hydroxyl groups is 1. The SMILES string of the molecule is C[C@@H](COC[C@@H](O)C(=O)N1CCN2c3ncc(C(F)(F)F)cc3OC[C@H]2C1)Nc1cn[nH]c(=O)c1C(F)(F)F. The van der Waals surface area contributed by atoms with Crippen LogP contribution < -0.4 is 20.5 Å². The van der Waals surface area contributed by atoms with Gasteiger partial charge in [0.15, 0.2) is 17.7 Å². The first-order valence-electron chi connectivity index (χ1n) is 11.7. The van der Waals surface area contributed by atoms with Crippen LogP contribution in [0.3, 0.4) is 0 Å². The number of halogens is 6. The third kappa shape index (κ3) is 6.35. The quantitative estimate of drug-likeness (QED) is 0.427. The number of aromatic amines is 1. The molecule has 214 valence electrons. The van der Waals surface area contributed by atoms with Gasteiger partial charge in [-0.25, -0.2) is 10.1 Å². The first-order chi connectivity index (χ1) is 18.3. The molecular weight excluding hydrogens is 542 g/mol. The Morgan fingerprint density at radius 3 is 2.67 bits per heavy atom. The summed E-state index contributed by atoms with van der Waals surface area (Å²) in [4.78, 5) is 31.3. The van der Waals surface area contributed by atoms with E-state index in [0.717, 1.165) is 18.5 Å². The first kappa shape index (κ1) is 28.4. The number of ether oxygens (including phenoxy) is 2. The van der Waals surface area contributed by atoms with Crippen LogP contribution in [-0.2, 0) is 21.9 Å². The Kier molecular flexibility index (Phi) is 7.92. The van der Waals surface area contributed by atoms with Crippen molar-refractivity contribution in [2.75, 3.05) is 49.7 Å². The number of H-pyrrole nitrogens is 1. The van der Waals surface area contributed by atoms with Crippen LogP contribution in [0.25, 0.3) is 0 Å². The minimum absolute atomic E-state index is 0.00439. The molecule has 3 atom stereocenters. The highest BCUT2D eigenvalue weighted by Gasteiger charge is 2.40. The van der Waals surface area contributed by atoms with Gasteiger partial charge in [-0.3, -0.25) is 9.59 Å². The molecule has 4 rings (SSSR count). The van der Waals surface area contributed by atoms with Gasteiger partial charge < -0.3 is 29.7 Å². The van der Waals surface area contributed by atoms with Gasteiger partial charge in [0.2, 0.25) is 0 Å². The van der Waals surface area contributed by atoms with E-state index in [4.69, 9.17) is 9.47 Å². The summed E-state index contributed by atoms with van der Waals surface area (Å²) in [5, 5.41) is 17.9. The van der Waals surface area contributed by atoms with Crippen LogP contribution in [-0.4, -0.2) is 88.7 Å². The topological polar surface area (TPSA) is 133 Å². The number of carbonyl (C=O) groups is 1. The van der Waals surface area contributed by atoms with Crippen LogP contribution in [0.1, 0.15) is 18.1 Å². The van der Waals surface area contributed by atoms with E-state index >= 15 is 0 Å². The van der Waals surface area contributed by atoms with E-state index in [9.17, 15) is 41.0 Å². The molecule has 2 aliphatic heterocycles. The molecule has 17 heteroatoms. The van der Waals surface area contributed by atoms with Crippen LogP contribution >= 0.6 is 0 Å². The van der Waals surface area contributed by atoms with Gasteiger partial charge in [-0.2, -0.15) is 31.4 Å². The normalized spacial score (nSPS) is 19.0. The molecule has 0 spiro atoms. The Morgan fingerprint density at radius 2 is 1.97 bits per heavy atom. The predicted octanol–water partition coefficient (Wildman–Crippen LogP) is 1.49. The van der Waals surface area contributed by atoms with E-state index in [-0.39, 0.29) is 44.4 Å². The molecule has 4 heterocycles. The number of piperazine rings is 1. The monoisotopic (exact) mass is 566 g/mol. The molecule has 0 saturated carbocycles. The fourth-order valence-corrected chi connectivity index (χ4v) is 4.31. The van der Waals surface area contributed by atoms with Crippen molar-refractivity contribution in [1.29, 1.82) is 0 Å². The summed E-state index contributed by atoms with van der Waals surface area (Å²) in [5.41, 5.74) is -4.33. The molecule has 1 fully saturated rings. The number of amides is 1. The van der Waals surface area contributed by atoms with Crippen molar-refractivity contribution >= 4 is 17.4 Å². The smallest absolute Gasteiger partial charge is 0.423 e. The first-order valence-corrected chi connectivity index (χ1v) is 11.7. The molecule has 1 amide bonds. The third-order valence-electron chi connectivity index (χ3n) is 6.13. The summed E-state index contributed by atoms with van der Waals surface area (Å²) in [5.74, 6) is -0.421. The van der Waals surface area contributed by atoms with Crippen molar-refractivity contribution in [1.82, 2.24) is 20.1 Å². The largest absolute Gasteiger partial charge is 0.487 e. The van der Waals surface area contributed by atoms with Crippen molar-refractivity contribution < 1.29 is 45.7 Å². The number of nitrogens with zero attached hydrogens (tertiary/aromatic N) is 4. The lowest BCUT2D eigenvalue weighted by Crippen LogP contribution is -2.60. The Hall–Kier alpha value is -3.60. The summed E-state index contributed by atoms with van der Waals surface area (Å²) >= 11 is 0. The summed E-state index contributed by atoms with van der Waals surface area (Å²) in [7, 11) is 0. The summed E-state index contributed by atoms with van der Waals surface area (Å²) in [6, 6.07) is -0.267. The van der Waals surface area contributed by atoms with Crippen LogP contribution in [0.2, 0.25) is 0 Å². The van der Waals surface area contributed by atoms with Gasteiger partial charge in [-0.1, -0.05) is 0 Å². The second-order valence-corrected chi connectivity index (χ2v) is 9.07. The third-order valence-corrected chi connectivity index (χ3v) is 6.13. The van der Waals surface area contributed by atoms with Crippen LogP contribution in [0.4, 0.5) is 37.8 Å². The maximum Gasteiger partial charge on any atom is 0.423 e. The molecule has 2 aromatic heterocycles. The highest BCUT2D eigenvalue weighted by Crippen LogP contribution is 2.38. The van der Waals surface area contributed by atoms with Gasteiger partial charge in [0.1, 0.15) is 12.2 Å². The zero-order valence-corrected chi connectivity index (χ0v) is 20.3. The number of rotatable bonds is 7. The molecule has 1 saturated heterocycles. The number of aromatic nitrogens is 3. The van der Waals surface area contributed by atoms with Gasteiger partial charge in [-0.15, -0.1) is 0 Å². The molecule has 2 aromatic rings. The number of aliphatic hydroxyl groups excluding tert-OH is 1. The van der Waals surface area contributed by atoms with Gasteiger partial charge >= 0.3 is 12.4 Å². The van der Waals surface area contributed by atoms with Crippen LogP contribution in [0.5, 0.6) is 5.75 Å². The second-order valence-electron chi connectivity index (χ2n) is 9.07. The van der Waals surface area contributed by atoms with Gasteiger partial charge in [0.05, 0.1) is 36.7 Å². The van der Waals surface area contributed by atoms with Crippen molar-refractivity contribution in [2.45, 2.75) is 37.5 Å². The van der Waals surface area contributed by atoms with E-state index in [1.165, 1.54) is 11.8 Å². The average molecular weight is 566 g/mol. The lowest BCUT2D eigenvalue weighted by molar-refractivity contribution is -0.144. The Labute approximate surface area is 216 Å². The number of anilines is 2. The van der Waals surface area contributed by atoms with Crippen molar-refractivity contribution in [3.05, 3.63) is 39.9 Å². The van der Waals surface area contributed by atoms with Gasteiger partial charge in [-0.05, 0) is 13.0 Å². The van der Waals surface area contributed by atoms with Crippen molar-refractivity contribution in [2.24, 2.45) is 0 Å². The molecule has 11 nitrogen and oxygen atoms in total. The molecule has 0 bridgehead atoms. The molecular formula is C22H24F6N6O5. The zero-order valence-electron chi connectivity index (χ0n) is 20.3. The number of hydrogen-bond donors (Lipinski definition) is 3.